The lowest BCUT2D eigenvalue weighted by Gasteiger charge is -2.18. The Morgan fingerprint density at radius 3 is 2.88 bits per heavy atom. The van der Waals surface area contributed by atoms with E-state index in [2.05, 4.69) is 34.9 Å². The Balaban J connectivity index is 1.64. The van der Waals surface area contributed by atoms with Crippen LogP contribution in [-0.2, 0) is 16.2 Å². The molecule has 2 atom stereocenters. The van der Waals surface area contributed by atoms with Crippen LogP contribution in [0.2, 0.25) is 25.7 Å². The fourth-order valence-corrected chi connectivity index (χ4v) is 4.85. The standard InChI is InChI=1S/C24H34N4O5Si/c1-5-32-24(30)20-14-33-23(27-20)19-13-25-22-18(21(19)26-16-6-7-17(29)12-16)8-9-28(22)15-31-10-11-34(2,3)4/h8-9,13-14,16-17,29H,5-7,10-12,15H2,1-4H3,(H,25,26)/t16-,17+/m0/s1. The van der Waals surface area contributed by atoms with Crippen LogP contribution in [-0.4, -0.2) is 59.0 Å². The van der Waals surface area contributed by atoms with Crippen molar-refractivity contribution in [1.82, 2.24) is 14.5 Å². The third-order valence-corrected chi connectivity index (χ3v) is 7.69. The van der Waals surface area contributed by atoms with Crippen LogP contribution >= 0.6 is 0 Å². The van der Waals surface area contributed by atoms with Crippen LogP contribution in [0.1, 0.15) is 36.7 Å². The Bertz CT molecular complexity index is 1140. The molecule has 1 aliphatic rings. The second-order valence-electron chi connectivity index (χ2n) is 9.98. The average molecular weight is 487 g/mol. The molecule has 0 amide bonds. The lowest BCUT2D eigenvalue weighted by Crippen LogP contribution is -2.22. The SMILES string of the molecule is CCOC(=O)c1coc(-c2cnc3c(ccn3COCC[Si](C)(C)C)c2N[C@H]2CC[C@@H](O)C2)n1. The van der Waals surface area contributed by atoms with Crippen LogP contribution in [0.5, 0.6) is 0 Å². The van der Waals surface area contributed by atoms with Crippen LogP contribution < -0.4 is 5.32 Å². The Kier molecular flexibility index (Phi) is 7.39. The molecule has 0 unspecified atom stereocenters. The molecule has 2 N–H and O–H groups in total. The van der Waals surface area contributed by atoms with Crippen molar-refractivity contribution >= 4 is 30.8 Å². The highest BCUT2D eigenvalue weighted by Crippen LogP contribution is 2.36. The number of hydrogen-bond donors (Lipinski definition) is 2. The van der Waals surface area contributed by atoms with Crippen LogP contribution in [0, 0.1) is 0 Å². The smallest absolute Gasteiger partial charge is 0.360 e. The van der Waals surface area contributed by atoms with Gasteiger partial charge in [0.15, 0.2) is 5.69 Å². The van der Waals surface area contributed by atoms with Crippen LogP contribution in [0.25, 0.3) is 22.5 Å². The quantitative estimate of drug-likeness (QED) is 0.245. The van der Waals surface area contributed by atoms with Crippen LogP contribution in [0.15, 0.2) is 29.1 Å². The van der Waals surface area contributed by atoms with Crippen molar-refractivity contribution in [3.63, 3.8) is 0 Å². The fraction of sp³-hybridized carbons (Fsp3) is 0.542. The van der Waals surface area contributed by atoms with E-state index in [4.69, 9.17) is 13.9 Å². The number of nitrogens with one attached hydrogen (secondary N) is 1. The Labute approximate surface area is 200 Å². The summed E-state index contributed by atoms with van der Waals surface area (Å²) in [5, 5.41) is 14.5. The Hall–Kier alpha value is -2.69. The van der Waals surface area contributed by atoms with E-state index < -0.39 is 14.0 Å². The Morgan fingerprint density at radius 2 is 2.18 bits per heavy atom. The first kappa shape index (κ1) is 24.4. The lowest BCUT2D eigenvalue weighted by molar-refractivity contribution is 0.0519. The number of fused-ring (bicyclic) bond motifs is 1. The molecule has 9 nitrogen and oxygen atoms in total. The lowest BCUT2D eigenvalue weighted by atomic mass is 10.1. The van der Waals surface area contributed by atoms with Gasteiger partial charge in [0.2, 0.25) is 5.89 Å². The molecule has 0 bridgehead atoms. The number of esters is 1. The summed E-state index contributed by atoms with van der Waals surface area (Å²) in [6, 6.07) is 3.22. The second kappa shape index (κ2) is 10.3. The number of carbonyl (C=O) groups is 1. The molecule has 184 valence electrons. The van der Waals surface area contributed by atoms with E-state index in [1.54, 1.807) is 13.1 Å². The summed E-state index contributed by atoms with van der Waals surface area (Å²) >= 11 is 0. The zero-order valence-electron chi connectivity index (χ0n) is 20.3. The van der Waals surface area contributed by atoms with Gasteiger partial charge in [-0.05, 0) is 38.3 Å². The predicted molar refractivity (Wildman–Crippen MR) is 133 cm³/mol. The number of pyridine rings is 1. The summed E-state index contributed by atoms with van der Waals surface area (Å²) in [4.78, 5) is 21.1. The minimum absolute atomic E-state index is 0.118. The third-order valence-electron chi connectivity index (χ3n) is 5.99. The van der Waals surface area contributed by atoms with E-state index in [0.29, 0.717) is 18.7 Å². The Morgan fingerprint density at radius 1 is 1.35 bits per heavy atom. The van der Waals surface area contributed by atoms with Crippen molar-refractivity contribution < 1.29 is 23.8 Å². The molecule has 4 rings (SSSR count). The van der Waals surface area contributed by atoms with Gasteiger partial charge >= 0.3 is 5.97 Å². The molecule has 1 aliphatic carbocycles. The summed E-state index contributed by atoms with van der Waals surface area (Å²) in [6.45, 7) is 10.2. The van der Waals surface area contributed by atoms with E-state index in [0.717, 1.165) is 42.2 Å². The number of aliphatic hydroxyl groups excluding tert-OH is 1. The first-order chi connectivity index (χ1) is 16.2. The van der Waals surface area contributed by atoms with Gasteiger partial charge in [-0.25, -0.2) is 14.8 Å². The van der Waals surface area contributed by atoms with Gasteiger partial charge in [0.05, 0.1) is 24.0 Å². The zero-order valence-corrected chi connectivity index (χ0v) is 21.3. The number of aromatic nitrogens is 3. The van der Waals surface area contributed by atoms with Crippen LogP contribution in [0.4, 0.5) is 5.69 Å². The van der Waals surface area contributed by atoms with Crippen molar-refractivity contribution in [2.75, 3.05) is 18.5 Å². The van der Waals surface area contributed by atoms with Gasteiger partial charge in [0, 0.05) is 38.5 Å². The van der Waals surface area contributed by atoms with Gasteiger partial charge in [0.25, 0.3) is 0 Å². The number of oxazole rings is 1. The summed E-state index contributed by atoms with van der Waals surface area (Å²) < 4.78 is 18.6. The molecule has 0 radical (unpaired) electrons. The number of anilines is 1. The highest BCUT2D eigenvalue weighted by Gasteiger charge is 2.26. The third kappa shape index (κ3) is 5.68. The predicted octanol–water partition coefficient (Wildman–Crippen LogP) is 4.51. The van der Waals surface area contributed by atoms with E-state index in [1.165, 1.54) is 6.26 Å². The zero-order chi connectivity index (χ0) is 24.3. The molecule has 1 saturated carbocycles. The number of ether oxygens (including phenoxy) is 2. The highest BCUT2D eigenvalue weighted by atomic mass is 28.3. The molecule has 3 aromatic rings. The first-order valence-corrected chi connectivity index (χ1v) is 15.6. The van der Waals surface area contributed by atoms with E-state index in [9.17, 15) is 9.90 Å². The van der Waals surface area contributed by atoms with Gasteiger partial charge in [-0.1, -0.05) is 19.6 Å². The molecule has 3 heterocycles. The second-order valence-corrected chi connectivity index (χ2v) is 15.6. The minimum atomic E-state index is -1.16. The molecule has 0 aliphatic heterocycles. The minimum Gasteiger partial charge on any atom is -0.461 e. The summed E-state index contributed by atoms with van der Waals surface area (Å²) in [5.74, 6) is -0.237. The number of hydrogen-bond acceptors (Lipinski definition) is 8. The summed E-state index contributed by atoms with van der Waals surface area (Å²) in [5.41, 5.74) is 2.38. The van der Waals surface area contributed by atoms with Crippen molar-refractivity contribution in [2.24, 2.45) is 0 Å². The molecule has 0 spiro atoms. The molecular weight excluding hydrogens is 452 g/mol. The maximum Gasteiger partial charge on any atom is 0.360 e. The summed E-state index contributed by atoms with van der Waals surface area (Å²) in [6.07, 6.45) is 6.96. The molecule has 10 heteroatoms. The molecule has 3 aromatic heterocycles. The average Bonchev–Trinajstić information content (AvgIpc) is 3.51. The molecule has 34 heavy (non-hydrogen) atoms. The maximum atomic E-state index is 12.1. The largest absolute Gasteiger partial charge is 0.461 e. The number of rotatable bonds is 10. The molecule has 0 saturated heterocycles. The number of carbonyl (C=O) groups excluding carboxylic acids is 1. The van der Waals surface area contributed by atoms with E-state index >= 15 is 0 Å². The normalized spacial score (nSPS) is 18.5. The van der Waals surface area contributed by atoms with E-state index in [-0.39, 0.29) is 30.3 Å². The monoisotopic (exact) mass is 486 g/mol. The summed E-state index contributed by atoms with van der Waals surface area (Å²) in [7, 11) is -1.16. The van der Waals surface area contributed by atoms with Gasteiger partial charge in [-0.3, -0.25) is 0 Å². The molecule has 1 fully saturated rings. The van der Waals surface area contributed by atoms with Crippen molar-refractivity contribution in [1.29, 1.82) is 0 Å². The van der Waals surface area contributed by atoms with Crippen LogP contribution in [0.3, 0.4) is 0 Å². The van der Waals surface area contributed by atoms with Gasteiger partial charge in [-0.15, -0.1) is 0 Å². The van der Waals surface area contributed by atoms with Crippen molar-refractivity contribution in [3.05, 3.63) is 30.4 Å². The topological polar surface area (TPSA) is 112 Å². The molecular formula is C24H34N4O5Si. The van der Waals surface area contributed by atoms with Gasteiger partial charge < -0.3 is 28.9 Å². The highest BCUT2D eigenvalue weighted by molar-refractivity contribution is 6.76. The maximum absolute atomic E-state index is 12.1. The first-order valence-electron chi connectivity index (χ1n) is 11.9. The number of nitrogens with zero attached hydrogens (tertiary/aromatic N) is 3. The number of aliphatic hydroxyl groups is 1. The van der Waals surface area contributed by atoms with Gasteiger partial charge in [0.1, 0.15) is 18.6 Å². The van der Waals surface area contributed by atoms with Crippen molar-refractivity contribution in [2.45, 2.75) is 70.7 Å². The molecule has 0 aromatic carbocycles. The fourth-order valence-electron chi connectivity index (χ4n) is 4.09. The van der Waals surface area contributed by atoms with E-state index in [1.807, 2.05) is 16.8 Å². The van der Waals surface area contributed by atoms with Crippen molar-refractivity contribution in [3.8, 4) is 11.5 Å². The van der Waals surface area contributed by atoms with Gasteiger partial charge in [-0.2, -0.15) is 0 Å².